The van der Waals surface area contributed by atoms with Gasteiger partial charge in [-0.15, -0.1) is 0 Å². The standard InChI is InChI=1S/C7H11N3O2S2/c1-14(11,12)3-2-13-7-9-4-6(8)5-10-7/h4-5H,2-3,8H2,1H3. The van der Waals surface area contributed by atoms with Gasteiger partial charge in [-0.3, -0.25) is 0 Å². The Bertz CT molecular complexity index is 388. The highest BCUT2D eigenvalue weighted by Crippen LogP contribution is 2.12. The minimum absolute atomic E-state index is 0.130. The molecule has 0 amide bonds. The van der Waals surface area contributed by atoms with Crippen molar-refractivity contribution in [2.75, 3.05) is 23.5 Å². The first-order valence-corrected chi connectivity index (χ1v) is 6.90. The normalized spacial score (nSPS) is 11.5. The molecular weight excluding hydrogens is 222 g/mol. The summed E-state index contributed by atoms with van der Waals surface area (Å²) in [5.74, 6) is 0.591. The van der Waals surface area contributed by atoms with Gasteiger partial charge in [0, 0.05) is 12.0 Å². The molecular formula is C7H11N3O2S2. The van der Waals surface area contributed by atoms with Gasteiger partial charge in [0.15, 0.2) is 5.16 Å². The monoisotopic (exact) mass is 233 g/mol. The fourth-order valence-electron chi connectivity index (χ4n) is 0.685. The smallest absolute Gasteiger partial charge is 0.187 e. The van der Waals surface area contributed by atoms with E-state index in [1.54, 1.807) is 0 Å². The van der Waals surface area contributed by atoms with Crippen molar-refractivity contribution in [1.82, 2.24) is 9.97 Å². The molecule has 78 valence electrons. The number of nitrogens with zero attached hydrogens (tertiary/aromatic N) is 2. The average Bonchev–Trinajstić information content (AvgIpc) is 2.06. The molecule has 0 spiro atoms. The van der Waals surface area contributed by atoms with Gasteiger partial charge in [0.05, 0.1) is 23.8 Å². The number of nitrogens with two attached hydrogens (primary N) is 1. The second-order valence-corrected chi connectivity index (χ2v) is 6.10. The summed E-state index contributed by atoms with van der Waals surface area (Å²) in [6.07, 6.45) is 4.20. The summed E-state index contributed by atoms with van der Waals surface area (Å²) in [4.78, 5) is 7.86. The SMILES string of the molecule is CS(=O)(=O)CCSc1ncc(N)cn1. The Morgan fingerprint density at radius 1 is 1.43 bits per heavy atom. The van der Waals surface area contributed by atoms with Gasteiger partial charge in [-0.05, 0) is 0 Å². The molecule has 14 heavy (non-hydrogen) atoms. The van der Waals surface area contributed by atoms with Crippen LogP contribution < -0.4 is 5.73 Å². The number of anilines is 1. The molecule has 0 aliphatic rings. The van der Waals surface area contributed by atoms with E-state index in [-0.39, 0.29) is 5.75 Å². The molecule has 2 N–H and O–H groups in total. The fourth-order valence-corrected chi connectivity index (χ4v) is 2.67. The topological polar surface area (TPSA) is 85.9 Å². The predicted molar refractivity (Wildman–Crippen MR) is 56.9 cm³/mol. The summed E-state index contributed by atoms with van der Waals surface area (Å²) >= 11 is 1.30. The van der Waals surface area contributed by atoms with E-state index in [1.165, 1.54) is 30.4 Å². The first-order chi connectivity index (χ1) is 6.47. The molecule has 5 nitrogen and oxygen atoms in total. The number of sulfone groups is 1. The zero-order valence-corrected chi connectivity index (χ0v) is 9.31. The Morgan fingerprint density at radius 2 is 2.00 bits per heavy atom. The largest absolute Gasteiger partial charge is 0.396 e. The predicted octanol–water partition coefficient (Wildman–Crippen LogP) is 0.196. The summed E-state index contributed by atoms with van der Waals surface area (Å²) in [6.45, 7) is 0. The highest BCUT2D eigenvalue weighted by molar-refractivity contribution is 8.00. The number of aromatic nitrogens is 2. The number of rotatable bonds is 4. The van der Waals surface area contributed by atoms with E-state index >= 15 is 0 Å². The first-order valence-electron chi connectivity index (χ1n) is 3.85. The Labute approximate surface area is 87.1 Å². The van der Waals surface area contributed by atoms with Crippen molar-refractivity contribution >= 4 is 27.3 Å². The third-order valence-electron chi connectivity index (χ3n) is 1.33. The summed E-state index contributed by atoms with van der Waals surface area (Å²) in [6, 6.07) is 0. The van der Waals surface area contributed by atoms with Crippen LogP contribution in [0.15, 0.2) is 17.6 Å². The molecule has 0 aliphatic carbocycles. The molecule has 7 heteroatoms. The molecule has 0 fully saturated rings. The molecule has 0 aliphatic heterocycles. The maximum Gasteiger partial charge on any atom is 0.187 e. The maximum atomic E-state index is 10.8. The van der Waals surface area contributed by atoms with E-state index in [4.69, 9.17) is 5.73 Å². The van der Waals surface area contributed by atoms with E-state index in [0.717, 1.165) is 0 Å². The molecule has 1 rings (SSSR count). The number of thioether (sulfide) groups is 1. The van der Waals surface area contributed by atoms with Crippen LogP contribution in [0.3, 0.4) is 0 Å². The lowest BCUT2D eigenvalue weighted by molar-refractivity contribution is 0.603. The quantitative estimate of drug-likeness (QED) is 0.590. The number of nitrogen functional groups attached to an aromatic ring is 1. The highest BCUT2D eigenvalue weighted by Gasteiger charge is 2.03. The van der Waals surface area contributed by atoms with Gasteiger partial charge < -0.3 is 5.73 Å². The summed E-state index contributed by atoms with van der Waals surface area (Å²) < 4.78 is 21.6. The van der Waals surface area contributed by atoms with Crippen molar-refractivity contribution in [2.24, 2.45) is 0 Å². The lowest BCUT2D eigenvalue weighted by Crippen LogP contribution is -2.05. The van der Waals surface area contributed by atoms with Crippen LogP contribution in [0.25, 0.3) is 0 Å². The van der Waals surface area contributed by atoms with E-state index in [1.807, 2.05) is 0 Å². The van der Waals surface area contributed by atoms with Crippen LogP contribution in [-0.4, -0.2) is 36.1 Å². The van der Waals surface area contributed by atoms with E-state index in [0.29, 0.717) is 16.6 Å². The van der Waals surface area contributed by atoms with Crippen molar-refractivity contribution in [2.45, 2.75) is 5.16 Å². The molecule has 0 atom stereocenters. The van der Waals surface area contributed by atoms with Gasteiger partial charge in [-0.1, -0.05) is 11.8 Å². The minimum Gasteiger partial charge on any atom is -0.396 e. The molecule has 0 saturated carbocycles. The van der Waals surface area contributed by atoms with Crippen molar-refractivity contribution < 1.29 is 8.42 Å². The second kappa shape index (κ2) is 4.61. The second-order valence-electron chi connectivity index (χ2n) is 2.78. The molecule has 1 heterocycles. The minimum atomic E-state index is -2.90. The van der Waals surface area contributed by atoms with Gasteiger partial charge in [-0.2, -0.15) is 0 Å². The van der Waals surface area contributed by atoms with Crippen LogP contribution in [0.2, 0.25) is 0 Å². The van der Waals surface area contributed by atoms with E-state index in [9.17, 15) is 8.42 Å². The lowest BCUT2D eigenvalue weighted by Gasteiger charge is -1.98. The maximum absolute atomic E-state index is 10.8. The Morgan fingerprint density at radius 3 is 2.50 bits per heavy atom. The zero-order valence-electron chi connectivity index (χ0n) is 7.67. The van der Waals surface area contributed by atoms with Crippen molar-refractivity contribution in [3.8, 4) is 0 Å². The Balaban J connectivity index is 2.43. The molecule has 0 saturated heterocycles. The first kappa shape index (κ1) is 11.3. The third-order valence-corrected chi connectivity index (χ3v) is 3.41. The summed E-state index contributed by atoms with van der Waals surface area (Å²) in [5, 5.41) is 0.544. The van der Waals surface area contributed by atoms with Gasteiger partial charge in [0.1, 0.15) is 9.84 Å². The molecule has 1 aromatic heterocycles. The third kappa shape index (κ3) is 4.43. The fraction of sp³-hybridized carbons (Fsp3) is 0.429. The summed E-state index contributed by atoms with van der Waals surface area (Å²) in [7, 11) is -2.90. The van der Waals surface area contributed by atoms with Gasteiger partial charge >= 0.3 is 0 Å². The van der Waals surface area contributed by atoms with E-state index in [2.05, 4.69) is 9.97 Å². The van der Waals surface area contributed by atoms with E-state index < -0.39 is 9.84 Å². The van der Waals surface area contributed by atoms with Crippen LogP contribution in [-0.2, 0) is 9.84 Å². The van der Waals surface area contributed by atoms with Crippen molar-refractivity contribution in [1.29, 1.82) is 0 Å². The lowest BCUT2D eigenvalue weighted by atomic mass is 10.6. The molecule has 0 radical (unpaired) electrons. The number of hydrogen-bond donors (Lipinski definition) is 1. The Kier molecular flexibility index (Phi) is 3.70. The van der Waals surface area contributed by atoms with Crippen LogP contribution in [0, 0.1) is 0 Å². The number of hydrogen-bond acceptors (Lipinski definition) is 6. The van der Waals surface area contributed by atoms with Crippen LogP contribution >= 0.6 is 11.8 Å². The van der Waals surface area contributed by atoms with Gasteiger partial charge in [0.2, 0.25) is 0 Å². The molecule has 0 bridgehead atoms. The van der Waals surface area contributed by atoms with Crippen LogP contribution in [0.5, 0.6) is 0 Å². The highest BCUT2D eigenvalue weighted by atomic mass is 32.2. The zero-order chi connectivity index (χ0) is 10.6. The summed E-state index contributed by atoms with van der Waals surface area (Å²) in [5.41, 5.74) is 5.89. The molecule has 1 aromatic rings. The molecule has 0 unspecified atom stereocenters. The van der Waals surface area contributed by atoms with Crippen LogP contribution in [0.4, 0.5) is 5.69 Å². The van der Waals surface area contributed by atoms with Gasteiger partial charge in [-0.25, -0.2) is 18.4 Å². The average molecular weight is 233 g/mol. The molecule has 0 aromatic carbocycles. The Hall–Kier alpha value is -0.820. The van der Waals surface area contributed by atoms with Crippen molar-refractivity contribution in [3.63, 3.8) is 0 Å². The van der Waals surface area contributed by atoms with Crippen molar-refractivity contribution in [3.05, 3.63) is 12.4 Å². The van der Waals surface area contributed by atoms with Gasteiger partial charge in [0.25, 0.3) is 0 Å². The van der Waals surface area contributed by atoms with Crippen LogP contribution in [0.1, 0.15) is 0 Å².